The normalized spacial score (nSPS) is 19.6. The summed E-state index contributed by atoms with van der Waals surface area (Å²) < 4.78 is 47.1. The van der Waals surface area contributed by atoms with Crippen LogP contribution in [0.4, 0.5) is 23.7 Å². The standard InChI is InChI=1S/C26H27ClF3N3O5/c1-16-13-33(23(34)19-10-9-18(12-20(19)27)38-15-26(28,29)30)21-7-4-3-6-17(21)14-32(16)25(36)31-11-5-8-22(31)24(35)37-2/h3-4,6-7,9-10,12,16,22H,5,8,11,13-15H2,1-2H3/t16-,22-/m1/s1. The number of urea groups is 1. The Morgan fingerprint density at radius 3 is 2.53 bits per heavy atom. The molecule has 38 heavy (non-hydrogen) atoms. The maximum absolute atomic E-state index is 13.7. The zero-order valence-corrected chi connectivity index (χ0v) is 21.6. The van der Waals surface area contributed by atoms with E-state index in [1.165, 1.54) is 35.1 Å². The fraction of sp³-hybridized carbons (Fsp3) is 0.423. The van der Waals surface area contributed by atoms with E-state index < -0.39 is 36.7 Å². The first-order chi connectivity index (χ1) is 18.0. The number of para-hydroxylation sites is 1. The zero-order valence-electron chi connectivity index (χ0n) is 20.8. The van der Waals surface area contributed by atoms with Gasteiger partial charge < -0.3 is 24.2 Å². The van der Waals surface area contributed by atoms with Gasteiger partial charge in [-0.25, -0.2) is 9.59 Å². The van der Waals surface area contributed by atoms with E-state index in [1.54, 1.807) is 23.1 Å². The molecule has 2 aromatic carbocycles. The predicted molar refractivity (Wildman–Crippen MR) is 133 cm³/mol. The molecule has 0 aliphatic carbocycles. The average molecular weight is 554 g/mol. The molecule has 8 nitrogen and oxygen atoms in total. The molecular formula is C26H27ClF3N3O5. The number of amides is 3. The highest BCUT2D eigenvalue weighted by Crippen LogP contribution is 2.33. The van der Waals surface area contributed by atoms with Crippen LogP contribution in [0, 0.1) is 0 Å². The van der Waals surface area contributed by atoms with Crippen LogP contribution < -0.4 is 9.64 Å². The molecule has 4 rings (SSSR count). The summed E-state index contributed by atoms with van der Waals surface area (Å²) in [4.78, 5) is 44.2. The topological polar surface area (TPSA) is 79.4 Å². The van der Waals surface area contributed by atoms with Crippen LogP contribution >= 0.6 is 11.6 Å². The first kappa shape index (κ1) is 27.6. The Morgan fingerprint density at radius 2 is 1.84 bits per heavy atom. The summed E-state index contributed by atoms with van der Waals surface area (Å²) >= 11 is 6.30. The number of nitrogens with zero attached hydrogens (tertiary/aromatic N) is 3. The van der Waals surface area contributed by atoms with Gasteiger partial charge in [-0.2, -0.15) is 13.2 Å². The van der Waals surface area contributed by atoms with E-state index >= 15 is 0 Å². The molecule has 2 aromatic rings. The van der Waals surface area contributed by atoms with Gasteiger partial charge in [-0.1, -0.05) is 29.8 Å². The number of likely N-dealkylation sites (tertiary alicyclic amines) is 1. The van der Waals surface area contributed by atoms with Crippen molar-refractivity contribution >= 4 is 35.2 Å². The number of hydrogen-bond donors (Lipinski definition) is 0. The number of rotatable bonds is 4. The summed E-state index contributed by atoms with van der Waals surface area (Å²) in [5.41, 5.74) is 1.38. The molecule has 0 radical (unpaired) electrons. The first-order valence-corrected chi connectivity index (χ1v) is 12.4. The van der Waals surface area contributed by atoms with E-state index in [9.17, 15) is 27.6 Å². The van der Waals surface area contributed by atoms with Gasteiger partial charge in [-0.05, 0) is 49.6 Å². The molecule has 1 fully saturated rings. The minimum atomic E-state index is -4.51. The van der Waals surface area contributed by atoms with Crippen LogP contribution in [0.2, 0.25) is 5.02 Å². The Balaban J connectivity index is 1.60. The van der Waals surface area contributed by atoms with Gasteiger partial charge in [-0.15, -0.1) is 0 Å². The molecule has 3 amide bonds. The van der Waals surface area contributed by atoms with Crippen molar-refractivity contribution in [3.63, 3.8) is 0 Å². The molecule has 0 unspecified atom stereocenters. The van der Waals surface area contributed by atoms with E-state index in [2.05, 4.69) is 0 Å². The second-order valence-corrected chi connectivity index (χ2v) is 9.63. The van der Waals surface area contributed by atoms with Gasteiger partial charge in [0.2, 0.25) is 0 Å². The fourth-order valence-electron chi connectivity index (χ4n) is 4.77. The number of esters is 1. The number of benzene rings is 2. The van der Waals surface area contributed by atoms with Crippen molar-refractivity contribution in [1.82, 2.24) is 9.80 Å². The molecule has 2 aliphatic rings. The molecule has 0 bridgehead atoms. The van der Waals surface area contributed by atoms with Crippen LogP contribution in [-0.4, -0.2) is 72.8 Å². The van der Waals surface area contributed by atoms with Gasteiger partial charge in [0.05, 0.1) is 17.7 Å². The number of methoxy groups -OCH3 is 1. The van der Waals surface area contributed by atoms with E-state index in [4.69, 9.17) is 21.1 Å². The monoisotopic (exact) mass is 553 g/mol. The molecule has 2 atom stereocenters. The molecule has 1 saturated heterocycles. The fourth-order valence-corrected chi connectivity index (χ4v) is 5.02. The van der Waals surface area contributed by atoms with Crippen LogP contribution in [0.5, 0.6) is 5.75 Å². The lowest BCUT2D eigenvalue weighted by Gasteiger charge is -2.34. The van der Waals surface area contributed by atoms with E-state index in [-0.39, 0.29) is 35.5 Å². The number of halogens is 4. The second kappa shape index (κ2) is 11.1. The van der Waals surface area contributed by atoms with Crippen molar-refractivity contribution in [2.45, 2.75) is 44.6 Å². The molecule has 12 heteroatoms. The summed E-state index contributed by atoms with van der Waals surface area (Å²) in [6, 6.07) is 9.47. The second-order valence-electron chi connectivity index (χ2n) is 9.22. The Morgan fingerprint density at radius 1 is 1.11 bits per heavy atom. The number of alkyl halides is 3. The number of hydrogen-bond acceptors (Lipinski definition) is 5. The van der Waals surface area contributed by atoms with Crippen molar-refractivity contribution < 1.29 is 37.0 Å². The van der Waals surface area contributed by atoms with Crippen molar-refractivity contribution in [3.05, 3.63) is 58.6 Å². The average Bonchev–Trinajstić information content (AvgIpc) is 3.32. The van der Waals surface area contributed by atoms with Crippen LogP contribution in [0.15, 0.2) is 42.5 Å². The quantitative estimate of drug-likeness (QED) is 0.504. The number of ether oxygens (including phenoxy) is 2. The van der Waals surface area contributed by atoms with Gasteiger partial charge >= 0.3 is 18.2 Å². The van der Waals surface area contributed by atoms with E-state index in [0.717, 1.165) is 0 Å². The summed E-state index contributed by atoms with van der Waals surface area (Å²) in [6.45, 7) is 1.09. The third-order valence-corrected chi connectivity index (χ3v) is 6.95. The molecular weight excluding hydrogens is 527 g/mol. The Bertz CT molecular complexity index is 1220. The Labute approximate surface area is 222 Å². The Kier molecular flexibility index (Phi) is 8.05. The number of carbonyl (C=O) groups excluding carboxylic acids is 3. The van der Waals surface area contributed by atoms with E-state index in [0.29, 0.717) is 30.6 Å². The summed E-state index contributed by atoms with van der Waals surface area (Å²) in [7, 11) is 1.29. The van der Waals surface area contributed by atoms with Gasteiger partial charge in [0, 0.05) is 31.4 Å². The van der Waals surface area contributed by atoms with Gasteiger partial charge in [0.15, 0.2) is 6.61 Å². The van der Waals surface area contributed by atoms with Crippen LogP contribution in [-0.2, 0) is 16.1 Å². The van der Waals surface area contributed by atoms with Gasteiger partial charge in [0.25, 0.3) is 5.91 Å². The maximum atomic E-state index is 13.7. The molecule has 0 saturated carbocycles. The lowest BCUT2D eigenvalue weighted by Crippen LogP contribution is -2.52. The van der Waals surface area contributed by atoms with E-state index in [1.807, 2.05) is 13.0 Å². The highest BCUT2D eigenvalue weighted by atomic mass is 35.5. The lowest BCUT2D eigenvalue weighted by atomic mass is 10.1. The molecule has 0 spiro atoms. The van der Waals surface area contributed by atoms with Gasteiger partial charge in [-0.3, -0.25) is 4.79 Å². The highest BCUT2D eigenvalue weighted by molar-refractivity contribution is 6.34. The molecule has 2 aliphatic heterocycles. The predicted octanol–water partition coefficient (Wildman–Crippen LogP) is 4.89. The minimum absolute atomic E-state index is 0.0602. The van der Waals surface area contributed by atoms with Crippen molar-refractivity contribution in [2.24, 2.45) is 0 Å². The SMILES string of the molecule is COC(=O)[C@H]1CCCN1C(=O)N1Cc2ccccc2N(C(=O)c2ccc(OCC(F)(F)F)cc2Cl)C[C@H]1C. The molecule has 204 valence electrons. The first-order valence-electron chi connectivity index (χ1n) is 12.0. The van der Waals surface area contributed by atoms with Gasteiger partial charge in [0.1, 0.15) is 11.8 Å². The molecule has 0 aromatic heterocycles. The van der Waals surface area contributed by atoms with Crippen LogP contribution in [0.25, 0.3) is 0 Å². The van der Waals surface area contributed by atoms with Crippen molar-refractivity contribution in [3.8, 4) is 5.75 Å². The smallest absolute Gasteiger partial charge is 0.422 e. The van der Waals surface area contributed by atoms with Crippen molar-refractivity contribution in [1.29, 1.82) is 0 Å². The minimum Gasteiger partial charge on any atom is -0.484 e. The maximum Gasteiger partial charge on any atom is 0.422 e. The Hall–Kier alpha value is -3.47. The third-order valence-electron chi connectivity index (χ3n) is 6.64. The van der Waals surface area contributed by atoms with Crippen LogP contribution in [0.3, 0.4) is 0 Å². The lowest BCUT2D eigenvalue weighted by molar-refractivity contribution is -0.153. The third kappa shape index (κ3) is 5.82. The number of anilines is 1. The largest absolute Gasteiger partial charge is 0.484 e. The highest BCUT2D eigenvalue weighted by Gasteiger charge is 2.40. The van der Waals surface area contributed by atoms with Crippen LogP contribution in [0.1, 0.15) is 35.7 Å². The van der Waals surface area contributed by atoms with Crippen molar-refractivity contribution in [2.75, 3.05) is 31.7 Å². The summed E-state index contributed by atoms with van der Waals surface area (Å²) in [5, 5.41) is -0.0602. The molecule has 0 N–H and O–H groups in total. The zero-order chi connectivity index (χ0) is 27.6. The number of carbonyl (C=O) groups is 3. The summed E-state index contributed by atoms with van der Waals surface area (Å²) in [6.07, 6.45) is -3.32. The molecule has 2 heterocycles. The summed E-state index contributed by atoms with van der Waals surface area (Å²) in [5.74, 6) is -1.05. The number of fused-ring (bicyclic) bond motifs is 1.